The van der Waals surface area contributed by atoms with E-state index in [1.807, 2.05) is 0 Å². The van der Waals surface area contributed by atoms with Gasteiger partial charge in [-0.25, -0.2) is 0 Å². The van der Waals surface area contributed by atoms with Crippen molar-refractivity contribution in [3.8, 4) is 0 Å². The molecule has 0 aliphatic heterocycles. The summed E-state index contributed by atoms with van der Waals surface area (Å²) in [6.45, 7) is 8.64. The highest BCUT2D eigenvalue weighted by atomic mass is 16.5. The van der Waals surface area contributed by atoms with Gasteiger partial charge in [-0.1, -0.05) is 32.4 Å². The molecule has 3 fully saturated rings. The predicted octanol–water partition coefficient (Wildman–Crippen LogP) is 5.33. The maximum Gasteiger partial charge on any atom is 0.302 e. The zero-order chi connectivity index (χ0) is 19.4. The molecule has 8 atom stereocenters. The van der Waals surface area contributed by atoms with E-state index in [1.165, 1.54) is 45.3 Å². The van der Waals surface area contributed by atoms with Crippen LogP contribution in [0.25, 0.3) is 0 Å². The lowest BCUT2D eigenvalue weighted by molar-refractivity contribution is -0.148. The van der Waals surface area contributed by atoms with Gasteiger partial charge in [-0.15, -0.1) is 0 Å². The van der Waals surface area contributed by atoms with Crippen molar-refractivity contribution in [2.75, 3.05) is 0 Å². The molecule has 0 bridgehead atoms. The Morgan fingerprint density at radius 3 is 2.67 bits per heavy atom. The molecule has 150 valence electrons. The van der Waals surface area contributed by atoms with Crippen molar-refractivity contribution >= 4 is 12.3 Å². The second kappa shape index (κ2) is 6.74. The normalized spacial score (nSPS) is 47.1. The lowest BCUT2D eigenvalue weighted by Gasteiger charge is -2.58. The smallest absolute Gasteiger partial charge is 0.302 e. The van der Waals surface area contributed by atoms with Gasteiger partial charge in [-0.3, -0.25) is 4.79 Å². The van der Waals surface area contributed by atoms with Crippen LogP contribution in [0, 0.1) is 40.4 Å². The molecule has 0 aromatic rings. The van der Waals surface area contributed by atoms with Gasteiger partial charge in [0, 0.05) is 19.3 Å². The van der Waals surface area contributed by atoms with Gasteiger partial charge in [-0.05, 0) is 79.4 Å². The molecule has 4 aliphatic rings. The van der Waals surface area contributed by atoms with Crippen LogP contribution in [0.1, 0.15) is 79.1 Å². The van der Waals surface area contributed by atoms with E-state index in [-0.39, 0.29) is 23.4 Å². The Balaban J connectivity index is 1.57. The van der Waals surface area contributed by atoms with Gasteiger partial charge in [0.05, 0.1) is 0 Å². The SMILES string of the molecule is CC(=O)O[C@@H]1CC[C@]2(C)C(=CC[C@@H]3[C@H]4CC[C@@H]([C@@H](C)C=O)[C@]4(C)CC[C@H]32)C1. The number of carbonyl (C=O) groups is 2. The van der Waals surface area contributed by atoms with Gasteiger partial charge in [-0.2, -0.15) is 0 Å². The quantitative estimate of drug-likeness (QED) is 0.382. The number of hydrogen-bond acceptors (Lipinski definition) is 3. The summed E-state index contributed by atoms with van der Waals surface area (Å²) in [4.78, 5) is 22.9. The Bertz CT molecular complexity index is 652. The van der Waals surface area contributed by atoms with Gasteiger partial charge < -0.3 is 9.53 Å². The monoisotopic (exact) mass is 372 g/mol. The fourth-order valence-corrected chi connectivity index (χ4v) is 7.96. The Hall–Kier alpha value is -1.12. The zero-order valence-electron chi connectivity index (χ0n) is 17.5. The van der Waals surface area contributed by atoms with Crippen molar-refractivity contribution in [3.63, 3.8) is 0 Å². The highest BCUT2D eigenvalue weighted by Crippen LogP contribution is 2.67. The second-order valence-corrected chi connectivity index (χ2v) is 10.5. The number of esters is 1. The first-order valence-corrected chi connectivity index (χ1v) is 11.1. The van der Waals surface area contributed by atoms with Gasteiger partial charge >= 0.3 is 5.97 Å². The molecule has 27 heavy (non-hydrogen) atoms. The molecule has 4 rings (SSSR count). The summed E-state index contributed by atoms with van der Waals surface area (Å²) in [7, 11) is 0. The minimum Gasteiger partial charge on any atom is -0.462 e. The third kappa shape index (κ3) is 2.91. The Kier molecular flexibility index (Phi) is 4.79. The Labute approximate surface area is 164 Å². The van der Waals surface area contributed by atoms with Crippen LogP contribution in [-0.4, -0.2) is 18.4 Å². The molecule has 0 aromatic heterocycles. The first-order chi connectivity index (χ1) is 12.8. The van der Waals surface area contributed by atoms with Gasteiger partial charge in [0.15, 0.2) is 0 Å². The third-order valence-corrected chi connectivity index (χ3v) is 9.31. The summed E-state index contributed by atoms with van der Waals surface area (Å²) in [6, 6.07) is 0. The van der Waals surface area contributed by atoms with Crippen molar-refractivity contribution in [2.24, 2.45) is 40.4 Å². The van der Waals surface area contributed by atoms with Crippen LogP contribution >= 0.6 is 0 Å². The summed E-state index contributed by atoms with van der Waals surface area (Å²) in [6.07, 6.45) is 13.2. The van der Waals surface area contributed by atoms with E-state index < -0.39 is 0 Å². The average molecular weight is 373 g/mol. The Morgan fingerprint density at radius 2 is 1.96 bits per heavy atom. The molecule has 3 nitrogen and oxygen atoms in total. The van der Waals surface area contributed by atoms with Crippen LogP contribution in [0.15, 0.2) is 11.6 Å². The third-order valence-electron chi connectivity index (χ3n) is 9.31. The summed E-state index contributed by atoms with van der Waals surface area (Å²) in [5.74, 6) is 2.92. The van der Waals surface area contributed by atoms with E-state index in [4.69, 9.17) is 4.74 Å². The highest BCUT2D eigenvalue weighted by molar-refractivity contribution is 5.66. The molecular formula is C24H36O3. The lowest BCUT2D eigenvalue weighted by atomic mass is 9.47. The average Bonchev–Trinajstić information content (AvgIpc) is 2.98. The molecule has 0 saturated heterocycles. The molecule has 4 aliphatic carbocycles. The summed E-state index contributed by atoms with van der Waals surface area (Å²) in [5, 5.41) is 0. The minimum atomic E-state index is -0.146. The number of ether oxygens (including phenoxy) is 1. The molecule has 0 spiro atoms. The number of aldehydes is 1. The van der Waals surface area contributed by atoms with Crippen LogP contribution in [0.3, 0.4) is 0 Å². The van der Waals surface area contributed by atoms with Crippen LogP contribution in [0.2, 0.25) is 0 Å². The van der Waals surface area contributed by atoms with E-state index >= 15 is 0 Å². The summed E-state index contributed by atoms with van der Waals surface area (Å²) >= 11 is 0. The molecule has 3 saturated carbocycles. The standard InChI is InChI=1S/C24H36O3/c1-15(14-25)20-7-8-21-19-6-5-17-13-18(27-16(2)26)9-11-23(17,3)22(19)10-12-24(20,21)4/h5,14-15,18-22H,6-13H2,1-4H3/t15-,18+,19+,20-,21+,22+,23+,24-/m0/s1. The maximum atomic E-state index is 11.5. The van der Waals surface area contributed by atoms with E-state index in [1.54, 1.807) is 5.57 Å². The van der Waals surface area contributed by atoms with Crippen LogP contribution in [-0.2, 0) is 14.3 Å². The maximum absolute atomic E-state index is 11.5. The van der Waals surface area contributed by atoms with Crippen molar-refractivity contribution < 1.29 is 14.3 Å². The van der Waals surface area contributed by atoms with Crippen molar-refractivity contribution in [1.82, 2.24) is 0 Å². The number of carbonyl (C=O) groups excluding carboxylic acids is 2. The van der Waals surface area contributed by atoms with Gasteiger partial charge in [0.25, 0.3) is 0 Å². The molecule has 0 radical (unpaired) electrons. The largest absolute Gasteiger partial charge is 0.462 e. The first kappa shape index (κ1) is 19.2. The highest BCUT2D eigenvalue weighted by Gasteiger charge is 2.59. The zero-order valence-corrected chi connectivity index (χ0v) is 17.5. The molecule has 3 heteroatoms. The number of rotatable bonds is 3. The van der Waals surface area contributed by atoms with Crippen LogP contribution in [0.4, 0.5) is 0 Å². The second-order valence-electron chi connectivity index (χ2n) is 10.5. The predicted molar refractivity (Wildman–Crippen MR) is 106 cm³/mol. The summed E-state index contributed by atoms with van der Waals surface area (Å²) in [5.41, 5.74) is 2.19. The van der Waals surface area contributed by atoms with Gasteiger partial charge in [0.2, 0.25) is 0 Å². The van der Waals surface area contributed by atoms with E-state index in [2.05, 4.69) is 26.8 Å². The number of fused-ring (bicyclic) bond motifs is 5. The molecule has 0 aromatic carbocycles. The van der Waals surface area contributed by atoms with Crippen LogP contribution < -0.4 is 0 Å². The van der Waals surface area contributed by atoms with Crippen molar-refractivity contribution in [2.45, 2.75) is 85.2 Å². The lowest BCUT2D eigenvalue weighted by Crippen LogP contribution is -2.51. The molecule has 0 heterocycles. The van der Waals surface area contributed by atoms with E-state index in [9.17, 15) is 9.59 Å². The van der Waals surface area contributed by atoms with Crippen LogP contribution in [0.5, 0.6) is 0 Å². The first-order valence-electron chi connectivity index (χ1n) is 11.1. The van der Waals surface area contributed by atoms with E-state index in [0.717, 1.165) is 37.0 Å². The molecular weight excluding hydrogens is 336 g/mol. The Morgan fingerprint density at radius 1 is 1.19 bits per heavy atom. The molecule has 0 amide bonds. The fraction of sp³-hybridized carbons (Fsp3) is 0.833. The summed E-state index contributed by atoms with van der Waals surface area (Å²) < 4.78 is 5.55. The topological polar surface area (TPSA) is 43.4 Å². The minimum absolute atomic E-state index is 0.0801. The van der Waals surface area contributed by atoms with E-state index in [0.29, 0.717) is 11.3 Å². The number of hydrogen-bond donors (Lipinski definition) is 0. The molecule has 0 unspecified atom stereocenters. The fourth-order valence-electron chi connectivity index (χ4n) is 7.96. The van der Waals surface area contributed by atoms with Crippen molar-refractivity contribution in [1.29, 1.82) is 0 Å². The number of allylic oxidation sites excluding steroid dienone is 1. The van der Waals surface area contributed by atoms with Crippen molar-refractivity contribution in [3.05, 3.63) is 11.6 Å². The van der Waals surface area contributed by atoms with Gasteiger partial charge in [0.1, 0.15) is 12.4 Å². The molecule has 0 N–H and O–H groups in total.